The van der Waals surface area contributed by atoms with Gasteiger partial charge in [-0.1, -0.05) is 23.8 Å². The van der Waals surface area contributed by atoms with Crippen LogP contribution in [0.5, 0.6) is 0 Å². The SMILES string of the molecule is Cc1ccc(S(=O)(=O)OC[C@](C)(O)[C@H]2CC/C(=C\CO)CO2)cc1. The second-order valence-electron chi connectivity index (χ2n) is 6.27. The van der Waals surface area contributed by atoms with Crippen molar-refractivity contribution in [3.63, 3.8) is 0 Å². The molecular formula is C17H24O6S. The zero-order valence-corrected chi connectivity index (χ0v) is 14.8. The van der Waals surface area contributed by atoms with Crippen LogP contribution in [0.15, 0.2) is 40.8 Å². The van der Waals surface area contributed by atoms with E-state index in [1.165, 1.54) is 19.1 Å². The third-order valence-electron chi connectivity index (χ3n) is 4.09. The van der Waals surface area contributed by atoms with E-state index in [9.17, 15) is 13.5 Å². The lowest BCUT2D eigenvalue weighted by molar-refractivity contribution is -0.122. The third-order valence-corrected chi connectivity index (χ3v) is 5.36. The van der Waals surface area contributed by atoms with Crippen LogP contribution in [0.2, 0.25) is 0 Å². The average molecular weight is 356 g/mol. The molecule has 0 unspecified atom stereocenters. The minimum Gasteiger partial charge on any atom is -0.392 e. The average Bonchev–Trinajstić information content (AvgIpc) is 2.55. The van der Waals surface area contributed by atoms with Gasteiger partial charge in [-0.3, -0.25) is 4.18 Å². The minimum atomic E-state index is -3.93. The smallest absolute Gasteiger partial charge is 0.297 e. The van der Waals surface area contributed by atoms with E-state index in [-0.39, 0.29) is 18.1 Å². The summed E-state index contributed by atoms with van der Waals surface area (Å²) >= 11 is 0. The van der Waals surface area contributed by atoms with E-state index in [2.05, 4.69) is 0 Å². The van der Waals surface area contributed by atoms with Gasteiger partial charge in [0.2, 0.25) is 0 Å². The number of hydrogen-bond donors (Lipinski definition) is 2. The molecule has 0 bridgehead atoms. The maximum absolute atomic E-state index is 12.2. The fourth-order valence-corrected chi connectivity index (χ4v) is 3.52. The fourth-order valence-electron chi connectivity index (χ4n) is 2.52. The monoisotopic (exact) mass is 356 g/mol. The van der Waals surface area contributed by atoms with Crippen molar-refractivity contribution in [2.75, 3.05) is 19.8 Å². The van der Waals surface area contributed by atoms with Gasteiger partial charge in [0.1, 0.15) is 5.60 Å². The summed E-state index contributed by atoms with van der Waals surface area (Å²) in [5.74, 6) is 0. The summed E-state index contributed by atoms with van der Waals surface area (Å²) in [5, 5.41) is 19.4. The summed E-state index contributed by atoms with van der Waals surface area (Å²) in [6.07, 6.45) is 2.38. The molecule has 1 aliphatic rings. The highest BCUT2D eigenvalue weighted by molar-refractivity contribution is 7.86. The molecule has 0 radical (unpaired) electrons. The summed E-state index contributed by atoms with van der Waals surface area (Å²) in [4.78, 5) is 0.0571. The van der Waals surface area contributed by atoms with Crippen LogP contribution in [0, 0.1) is 6.92 Å². The number of benzene rings is 1. The second kappa shape index (κ2) is 7.76. The summed E-state index contributed by atoms with van der Waals surface area (Å²) < 4.78 is 35.0. The van der Waals surface area contributed by atoms with Crippen molar-refractivity contribution in [1.29, 1.82) is 0 Å². The van der Waals surface area contributed by atoms with Crippen molar-refractivity contribution in [2.45, 2.75) is 43.3 Å². The molecule has 6 nitrogen and oxygen atoms in total. The lowest BCUT2D eigenvalue weighted by atomic mass is 9.92. The van der Waals surface area contributed by atoms with Crippen LogP contribution in [-0.4, -0.2) is 50.2 Å². The van der Waals surface area contributed by atoms with Crippen molar-refractivity contribution in [3.8, 4) is 0 Å². The van der Waals surface area contributed by atoms with E-state index >= 15 is 0 Å². The van der Waals surface area contributed by atoms with Crippen LogP contribution in [0.3, 0.4) is 0 Å². The molecule has 1 aromatic rings. The second-order valence-corrected chi connectivity index (χ2v) is 7.89. The van der Waals surface area contributed by atoms with Gasteiger partial charge in [0.05, 0.1) is 30.8 Å². The van der Waals surface area contributed by atoms with Crippen LogP contribution < -0.4 is 0 Å². The summed E-state index contributed by atoms with van der Waals surface area (Å²) in [7, 11) is -3.93. The largest absolute Gasteiger partial charge is 0.392 e. The van der Waals surface area contributed by atoms with Gasteiger partial charge in [-0.25, -0.2) is 0 Å². The molecule has 134 valence electrons. The molecule has 1 heterocycles. The molecule has 0 saturated carbocycles. The lowest BCUT2D eigenvalue weighted by Crippen LogP contribution is -2.47. The molecule has 1 aliphatic heterocycles. The Balaban J connectivity index is 1.97. The predicted molar refractivity (Wildman–Crippen MR) is 89.1 cm³/mol. The highest BCUT2D eigenvalue weighted by Crippen LogP contribution is 2.27. The molecule has 2 atom stereocenters. The lowest BCUT2D eigenvalue weighted by Gasteiger charge is -2.35. The first-order valence-electron chi connectivity index (χ1n) is 7.83. The zero-order chi connectivity index (χ0) is 17.8. The van der Waals surface area contributed by atoms with Crippen LogP contribution in [0.1, 0.15) is 25.3 Å². The van der Waals surface area contributed by atoms with Crippen LogP contribution in [0.25, 0.3) is 0 Å². The number of aliphatic hydroxyl groups is 2. The van der Waals surface area contributed by atoms with Crippen molar-refractivity contribution >= 4 is 10.1 Å². The molecule has 24 heavy (non-hydrogen) atoms. The van der Waals surface area contributed by atoms with Gasteiger partial charge >= 0.3 is 0 Å². The topological polar surface area (TPSA) is 93.1 Å². The Morgan fingerprint density at radius 3 is 2.58 bits per heavy atom. The maximum atomic E-state index is 12.2. The van der Waals surface area contributed by atoms with Gasteiger partial charge in [0.25, 0.3) is 10.1 Å². The maximum Gasteiger partial charge on any atom is 0.297 e. The Morgan fingerprint density at radius 2 is 2.04 bits per heavy atom. The van der Waals surface area contributed by atoms with Crippen molar-refractivity contribution in [1.82, 2.24) is 0 Å². The Morgan fingerprint density at radius 1 is 1.38 bits per heavy atom. The Bertz CT molecular complexity index is 666. The van der Waals surface area contributed by atoms with E-state index in [1.807, 2.05) is 6.92 Å². The quantitative estimate of drug-likeness (QED) is 0.593. The van der Waals surface area contributed by atoms with Gasteiger partial charge in [-0.05, 0) is 44.4 Å². The Kier molecular flexibility index (Phi) is 6.17. The number of hydrogen-bond acceptors (Lipinski definition) is 6. The van der Waals surface area contributed by atoms with Gasteiger partial charge in [0.15, 0.2) is 0 Å². The molecule has 0 aromatic heterocycles. The summed E-state index contributed by atoms with van der Waals surface area (Å²) in [5.41, 5.74) is 0.490. The highest BCUT2D eigenvalue weighted by atomic mass is 32.2. The normalized spacial score (nSPS) is 23.2. The molecule has 7 heteroatoms. The van der Waals surface area contributed by atoms with Gasteiger partial charge < -0.3 is 14.9 Å². The van der Waals surface area contributed by atoms with Crippen LogP contribution >= 0.6 is 0 Å². The molecule has 0 spiro atoms. The van der Waals surface area contributed by atoms with Crippen molar-refractivity contribution in [3.05, 3.63) is 41.5 Å². The van der Waals surface area contributed by atoms with Gasteiger partial charge in [-0.2, -0.15) is 8.42 Å². The fraction of sp³-hybridized carbons (Fsp3) is 0.529. The summed E-state index contributed by atoms with van der Waals surface area (Å²) in [6, 6.07) is 6.33. The van der Waals surface area contributed by atoms with E-state index < -0.39 is 21.8 Å². The number of ether oxygens (including phenoxy) is 1. The number of aliphatic hydroxyl groups excluding tert-OH is 1. The third kappa shape index (κ3) is 4.87. The van der Waals surface area contributed by atoms with Crippen LogP contribution in [0.4, 0.5) is 0 Å². The van der Waals surface area contributed by atoms with Crippen molar-refractivity contribution in [2.24, 2.45) is 0 Å². The van der Waals surface area contributed by atoms with E-state index in [4.69, 9.17) is 14.0 Å². The zero-order valence-electron chi connectivity index (χ0n) is 13.9. The molecule has 0 amide bonds. The van der Waals surface area contributed by atoms with Crippen molar-refractivity contribution < 1.29 is 27.6 Å². The first-order valence-corrected chi connectivity index (χ1v) is 9.24. The molecule has 1 saturated heterocycles. The first-order chi connectivity index (χ1) is 11.2. The number of rotatable bonds is 6. The van der Waals surface area contributed by atoms with E-state index in [1.54, 1.807) is 18.2 Å². The summed E-state index contributed by atoms with van der Waals surface area (Å²) in [6.45, 7) is 3.25. The predicted octanol–water partition coefficient (Wildman–Crippen LogP) is 1.55. The van der Waals surface area contributed by atoms with Crippen LogP contribution in [-0.2, 0) is 19.0 Å². The first kappa shape index (κ1) is 19.1. The standard InChI is InChI=1S/C17H24O6S/c1-13-3-6-15(7-4-13)24(20,21)23-12-17(2,19)16-8-5-14(9-10-18)11-22-16/h3-4,6-7,9,16,18-19H,5,8,10-12H2,1-2H3/b14-9+/t16-,17+/m1/s1. The molecule has 0 aliphatic carbocycles. The highest BCUT2D eigenvalue weighted by Gasteiger charge is 2.37. The molecular weight excluding hydrogens is 332 g/mol. The van der Waals surface area contributed by atoms with Gasteiger partial charge in [-0.15, -0.1) is 0 Å². The molecule has 2 N–H and O–H groups in total. The van der Waals surface area contributed by atoms with E-state index in [0.29, 0.717) is 19.4 Å². The van der Waals surface area contributed by atoms with Gasteiger partial charge in [0, 0.05) is 0 Å². The Hall–Kier alpha value is -1.25. The van der Waals surface area contributed by atoms with E-state index in [0.717, 1.165) is 11.1 Å². The molecule has 1 fully saturated rings. The Labute approximate surface area is 142 Å². The molecule has 2 rings (SSSR count). The molecule has 1 aromatic carbocycles. The number of aryl methyl sites for hydroxylation is 1. The minimum absolute atomic E-state index is 0.0440.